The minimum absolute atomic E-state index is 0.0151. The third-order valence-corrected chi connectivity index (χ3v) is 7.23. The van der Waals surface area contributed by atoms with E-state index in [1.807, 2.05) is 6.07 Å². The molecule has 1 aliphatic heterocycles. The number of nitrogens with one attached hydrogen (secondary N) is 1. The zero-order valence-corrected chi connectivity index (χ0v) is 16.5. The van der Waals surface area contributed by atoms with Crippen LogP contribution in [0.4, 0.5) is 0 Å². The Morgan fingerprint density at radius 3 is 2.75 bits per heavy atom. The number of esters is 1. The smallest absolute Gasteiger partial charge is 0.311 e. The summed E-state index contributed by atoms with van der Waals surface area (Å²) in [7, 11) is -3.08. The molecule has 2 atom stereocenters. The van der Waals surface area contributed by atoms with Gasteiger partial charge in [0.25, 0.3) is 5.91 Å². The molecule has 0 radical (unpaired) electrons. The minimum Gasteiger partial charge on any atom is -0.464 e. The van der Waals surface area contributed by atoms with Crippen molar-refractivity contribution in [1.29, 1.82) is 0 Å². The maximum Gasteiger partial charge on any atom is 0.311 e. The molecule has 1 fully saturated rings. The molecular formula is C20H23NO6S. The molecule has 2 heterocycles. The van der Waals surface area contributed by atoms with Gasteiger partial charge in [0.2, 0.25) is 0 Å². The lowest BCUT2D eigenvalue weighted by Crippen LogP contribution is -2.42. The lowest BCUT2D eigenvalue weighted by Gasteiger charge is -2.16. The highest BCUT2D eigenvalue weighted by Gasteiger charge is 2.30. The fourth-order valence-corrected chi connectivity index (χ4v) is 5.63. The topological polar surface area (TPSA) is 103 Å². The summed E-state index contributed by atoms with van der Waals surface area (Å²) < 4.78 is 33.8. The van der Waals surface area contributed by atoms with Crippen molar-refractivity contribution in [3.05, 3.63) is 35.1 Å². The van der Waals surface area contributed by atoms with Gasteiger partial charge in [0.1, 0.15) is 5.58 Å². The molecule has 28 heavy (non-hydrogen) atoms. The van der Waals surface area contributed by atoms with Crippen LogP contribution in [0, 0.1) is 0 Å². The summed E-state index contributed by atoms with van der Waals surface area (Å²) in [5.74, 6) is -0.996. The number of ether oxygens (including phenoxy) is 1. The number of carbonyl (C=O) groups is 2. The van der Waals surface area contributed by atoms with Crippen molar-refractivity contribution < 1.29 is 27.2 Å². The number of aryl methyl sites for hydroxylation is 2. The van der Waals surface area contributed by atoms with Crippen molar-refractivity contribution in [2.24, 2.45) is 0 Å². The molecular weight excluding hydrogens is 382 g/mol. The number of hydrogen-bond acceptors (Lipinski definition) is 6. The third-order valence-electron chi connectivity index (χ3n) is 5.46. The van der Waals surface area contributed by atoms with Gasteiger partial charge < -0.3 is 14.5 Å². The molecule has 1 amide bonds. The van der Waals surface area contributed by atoms with Crippen LogP contribution in [0.15, 0.2) is 22.8 Å². The number of hydrogen-bond donors (Lipinski definition) is 1. The van der Waals surface area contributed by atoms with Crippen LogP contribution in [0.25, 0.3) is 11.0 Å². The van der Waals surface area contributed by atoms with Gasteiger partial charge in [-0.15, -0.1) is 0 Å². The zero-order chi connectivity index (χ0) is 19.9. The number of sulfone groups is 1. The van der Waals surface area contributed by atoms with E-state index in [1.165, 1.54) is 18.1 Å². The second-order valence-corrected chi connectivity index (χ2v) is 9.88. The number of rotatable bonds is 5. The lowest BCUT2D eigenvalue weighted by atomic mass is 10.0. The Morgan fingerprint density at radius 2 is 2.04 bits per heavy atom. The average molecular weight is 405 g/mol. The van der Waals surface area contributed by atoms with Gasteiger partial charge in [0, 0.05) is 17.0 Å². The van der Waals surface area contributed by atoms with E-state index in [0.29, 0.717) is 6.42 Å². The van der Waals surface area contributed by atoms with Crippen LogP contribution in [0.3, 0.4) is 0 Å². The van der Waals surface area contributed by atoms with E-state index < -0.39 is 33.9 Å². The van der Waals surface area contributed by atoms with Crippen molar-refractivity contribution >= 4 is 32.7 Å². The van der Waals surface area contributed by atoms with Crippen LogP contribution in [0.1, 0.15) is 36.5 Å². The van der Waals surface area contributed by atoms with Gasteiger partial charge in [-0.3, -0.25) is 9.59 Å². The lowest BCUT2D eigenvalue weighted by molar-refractivity contribution is -0.154. The van der Waals surface area contributed by atoms with Gasteiger partial charge in [-0.05, 0) is 55.9 Å². The monoisotopic (exact) mass is 405 g/mol. The Labute approximate surface area is 163 Å². The van der Waals surface area contributed by atoms with Crippen LogP contribution in [-0.4, -0.2) is 43.9 Å². The van der Waals surface area contributed by atoms with Crippen LogP contribution in [0.2, 0.25) is 0 Å². The fourth-order valence-electron chi connectivity index (χ4n) is 3.96. The molecule has 1 aromatic heterocycles. The van der Waals surface area contributed by atoms with E-state index in [1.54, 1.807) is 6.26 Å². The first-order valence-corrected chi connectivity index (χ1v) is 11.3. The van der Waals surface area contributed by atoms with E-state index in [0.717, 1.165) is 35.8 Å². The van der Waals surface area contributed by atoms with Crippen molar-refractivity contribution in [3.8, 4) is 0 Å². The summed E-state index contributed by atoms with van der Waals surface area (Å²) >= 11 is 0. The molecule has 4 rings (SSSR count). The summed E-state index contributed by atoms with van der Waals surface area (Å²) in [6, 6.07) is 3.71. The highest BCUT2D eigenvalue weighted by molar-refractivity contribution is 7.91. The quantitative estimate of drug-likeness (QED) is 0.760. The van der Waals surface area contributed by atoms with Crippen LogP contribution in [-0.2, 0) is 43.4 Å². The second-order valence-electron chi connectivity index (χ2n) is 7.65. The molecule has 1 N–H and O–H groups in total. The molecule has 0 unspecified atom stereocenters. The minimum atomic E-state index is -3.08. The highest BCUT2D eigenvalue weighted by Crippen LogP contribution is 2.30. The molecule has 1 saturated heterocycles. The Bertz CT molecular complexity index is 1040. The van der Waals surface area contributed by atoms with E-state index in [-0.39, 0.29) is 17.9 Å². The second kappa shape index (κ2) is 7.24. The maximum atomic E-state index is 12.3. The Balaban J connectivity index is 1.36. The molecule has 150 valence electrons. The van der Waals surface area contributed by atoms with Crippen molar-refractivity contribution in [3.63, 3.8) is 0 Å². The molecule has 8 heteroatoms. The van der Waals surface area contributed by atoms with Crippen molar-refractivity contribution in [2.45, 2.75) is 51.2 Å². The highest BCUT2D eigenvalue weighted by atomic mass is 32.2. The van der Waals surface area contributed by atoms with Crippen LogP contribution >= 0.6 is 0 Å². The number of carbonyl (C=O) groups excluding carboxylic acids is 2. The standard InChI is InChI=1S/C20H23NO6S/c1-12(20(23)21-16-5-6-28(24,25)11-16)27-19(22)9-15-10-26-18-8-14-4-2-3-13(14)7-17(15)18/h7-8,10,12,16H,2-6,9,11H2,1H3,(H,21,23)/t12-,16-/m1/s1. The molecule has 7 nitrogen and oxygen atoms in total. The third kappa shape index (κ3) is 3.92. The predicted molar refractivity (Wildman–Crippen MR) is 103 cm³/mol. The number of amides is 1. The first kappa shape index (κ1) is 19.0. The molecule has 1 aliphatic carbocycles. The Kier molecular flexibility index (Phi) is 4.91. The van der Waals surface area contributed by atoms with E-state index >= 15 is 0 Å². The number of furan rings is 1. The first-order chi connectivity index (χ1) is 13.3. The Morgan fingerprint density at radius 1 is 1.29 bits per heavy atom. The molecule has 0 saturated carbocycles. The van der Waals surface area contributed by atoms with E-state index in [9.17, 15) is 18.0 Å². The summed E-state index contributed by atoms with van der Waals surface area (Å²) in [4.78, 5) is 24.5. The molecule has 2 aliphatic rings. The molecule has 0 bridgehead atoms. The SMILES string of the molecule is C[C@@H](OC(=O)Cc1coc2cc3c(cc12)CCC3)C(=O)N[C@@H]1CCS(=O)(=O)C1. The van der Waals surface area contributed by atoms with Gasteiger partial charge in [-0.2, -0.15) is 0 Å². The Hall–Kier alpha value is -2.35. The van der Waals surface area contributed by atoms with Crippen molar-refractivity contribution in [1.82, 2.24) is 5.32 Å². The van der Waals surface area contributed by atoms with Gasteiger partial charge in [0.15, 0.2) is 15.9 Å². The average Bonchev–Trinajstić information content (AvgIpc) is 3.32. The molecule has 0 spiro atoms. The molecule has 2 aromatic rings. The largest absolute Gasteiger partial charge is 0.464 e. The summed E-state index contributed by atoms with van der Waals surface area (Å²) in [5, 5.41) is 3.55. The van der Waals surface area contributed by atoms with E-state index in [2.05, 4.69) is 11.4 Å². The van der Waals surface area contributed by atoms with Gasteiger partial charge in [-0.1, -0.05) is 0 Å². The van der Waals surface area contributed by atoms with Gasteiger partial charge in [0.05, 0.1) is 24.2 Å². The van der Waals surface area contributed by atoms with E-state index in [4.69, 9.17) is 9.15 Å². The molecule has 1 aromatic carbocycles. The van der Waals surface area contributed by atoms with Crippen LogP contribution in [0.5, 0.6) is 0 Å². The predicted octanol–water partition coefficient (Wildman–Crippen LogP) is 1.70. The van der Waals surface area contributed by atoms with Gasteiger partial charge in [-0.25, -0.2) is 8.42 Å². The maximum absolute atomic E-state index is 12.3. The fraction of sp³-hybridized carbons (Fsp3) is 0.500. The number of fused-ring (bicyclic) bond motifs is 2. The van der Waals surface area contributed by atoms with Crippen molar-refractivity contribution in [2.75, 3.05) is 11.5 Å². The summed E-state index contributed by atoms with van der Waals surface area (Å²) in [6.45, 7) is 1.48. The summed E-state index contributed by atoms with van der Waals surface area (Å²) in [5.41, 5.74) is 4.10. The normalized spacial score (nSPS) is 21.4. The zero-order valence-electron chi connectivity index (χ0n) is 15.7. The van der Waals surface area contributed by atoms with Crippen LogP contribution < -0.4 is 5.32 Å². The number of benzene rings is 1. The first-order valence-electron chi connectivity index (χ1n) is 9.53. The summed E-state index contributed by atoms with van der Waals surface area (Å²) in [6.07, 6.45) is 4.20. The van der Waals surface area contributed by atoms with Gasteiger partial charge >= 0.3 is 5.97 Å².